The largest absolute Gasteiger partial charge is 0.416 e. The number of rotatable bonds is 1. The van der Waals surface area contributed by atoms with Gasteiger partial charge >= 0.3 is 6.18 Å². The number of Topliss-reactive ketones (excluding diaryl/α,β-unsaturated/α-hetero) is 1. The molecule has 6 aliphatic rings. The summed E-state index contributed by atoms with van der Waals surface area (Å²) in [4.78, 5) is 14.0. The van der Waals surface area contributed by atoms with Gasteiger partial charge in [0.1, 0.15) is 0 Å². The van der Waals surface area contributed by atoms with E-state index < -0.39 is 17.2 Å². The monoisotopic (exact) mass is 596 g/mol. The summed E-state index contributed by atoms with van der Waals surface area (Å²) >= 11 is 0. The summed E-state index contributed by atoms with van der Waals surface area (Å²) in [6.07, 6.45) is 8.43. The van der Waals surface area contributed by atoms with Gasteiger partial charge in [0.15, 0.2) is 5.78 Å². The first-order chi connectivity index (χ1) is 19.9. The molecule has 0 spiro atoms. The van der Waals surface area contributed by atoms with Gasteiger partial charge < -0.3 is 4.74 Å². The molecule has 1 aromatic carbocycles. The van der Waals surface area contributed by atoms with E-state index in [1.807, 2.05) is 6.08 Å². The maximum Gasteiger partial charge on any atom is 0.416 e. The fourth-order valence-electron chi connectivity index (χ4n) is 12.9. The molecule has 1 aliphatic heterocycles. The molecule has 0 unspecified atom stereocenters. The van der Waals surface area contributed by atoms with Crippen LogP contribution in [0.2, 0.25) is 0 Å². The molecule has 2 nitrogen and oxygen atoms in total. The minimum atomic E-state index is -4.37. The summed E-state index contributed by atoms with van der Waals surface area (Å²) in [5, 5.41) is 0. The molecular formula is C38H51F3O2. The molecule has 43 heavy (non-hydrogen) atoms. The van der Waals surface area contributed by atoms with E-state index in [1.54, 1.807) is 0 Å². The van der Waals surface area contributed by atoms with Gasteiger partial charge in [0.2, 0.25) is 0 Å². The molecule has 236 valence electrons. The average Bonchev–Trinajstić information content (AvgIpc) is 3.26. The number of ketones is 1. The second kappa shape index (κ2) is 9.01. The Morgan fingerprint density at radius 1 is 0.814 bits per heavy atom. The lowest BCUT2D eigenvalue weighted by Crippen LogP contribution is -2.67. The molecule has 9 atom stereocenters. The number of halogens is 3. The predicted octanol–water partition coefficient (Wildman–Crippen LogP) is 10.2. The van der Waals surface area contributed by atoms with Crippen molar-refractivity contribution in [2.45, 2.75) is 119 Å². The number of ether oxygens (including phenoxy) is 1. The van der Waals surface area contributed by atoms with Crippen molar-refractivity contribution in [2.75, 3.05) is 6.61 Å². The molecular weight excluding hydrogens is 545 g/mol. The lowest BCUT2D eigenvalue weighted by atomic mass is 9.31. The van der Waals surface area contributed by atoms with Gasteiger partial charge in [0.05, 0.1) is 18.3 Å². The van der Waals surface area contributed by atoms with E-state index >= 15 is 0 Å². The lowest BCUT2D eigenvalue weighted by molar-refractivity contribution is -0.236. The van der Waals surface area contributed by atoms with E-state index in [0.29, 0.717) is 47.2 Å². The van der Waals surface area contributed by atoms with Crippen molar-refractivity contribution in [3.63, 3.8) is 0 Å². The molecule has 1 heterocycles. The smallest absolute Gasteiger partial charge is 0.377 e. The second-order valence-electron chi connectivity index (χ2n) is 17.8. The molecule has 6 fully saturated rings. The summed E-state index contributed by atoms with van der Waals surface area (Å²) in [6.45, 7) is 17.8. The third-order valence-corrected chi connectivity index (χ3v) is 15.3. The highest BCUT2D eigenvalue weighted by atomic mass is 19.4. The Balaban J connectivity index is 1.25. The van der Waals surface area contributed by atoms with Crippen LogP contribution in [0.5, 0.6) is 0 Å². The number of allylic oxidation sites excluding steroid dienone is 1. The van der Waals surface area contributed by atoms with E-state index in [9.17, 15) is 18.0 Å². The minimum absolute atomic E-state index is 0.0351. The molecule has 0 amide bonds. The summed E-state index contributed by atoms with van der Waals surface area (Å²) in [5.41, 5.74) is 1.30. The number of carbonyl (C=O) groups excluding carboxylic acids is 1. The van der Waals surface area contributed by atoms with Crippen LogP contribution < -0.4 is 0 Å². The van der Waals surface area contributed by atoms with Gasteiger partial charge in [-0.25, -0.2) is 0 Å². The van der Waals surface area contributed by atoms with E-state index in [-0.39, 0.29) is 27.4 Å². The van der Waals surface area contributed by atoms with E-state index in [4.69, 9.17) is 4.74 Å². The second-order valence-corrected chi connectivity index (χ2v) is 17.8. The van der Waals surface area contributed by atoms with Crippen molar-refractivity contribution in [1.29, 1.82) is 0 Å². The quantitative estimate of drug-likeness (QED) is 0.302. The Hall–Kier alpha value is -1.62. The van der Waals surface area contributed by atoms with Crippen LogP contribution in [0.15, 0.2) is 29.8 Å². The van der Waals surface area contributed by atoms with Crippen molar-refractivity contribution >= 4 is 11.9 Å². The van der Waals surface area contributed by atoms with Crippen LogP contribution in [0, 0.1) is 56.2 Å². The van der Waals surface area contributed by atoms with Gasteiger partial charge in [-0.15, -0.1) is 0 Å². The Kier molecular flexibility index (Phi) is 6.30. The van der Waals surface area contributed by atoms with Crippen molar-refractivity contribution in [3.8, 4) is 0 Å². The summed E-state index contributed by atoms with van der Waals surface area (Å²) in [7, 11) is 0. The maximum absolute atomic E-state index is 14.0. The first-order valence-electron chi connectivity index (χ1n) is 16.9. The highest BCUT2D eigenvalue weighted by Gasteiger charge is 2.73. The van der Waals surface area contributed by atoms with Crippen molar-refractivity contribution in [3.05, 3.63) is 41.0 Å². The minimum Gasteiger partial charge on any atom is -0.377 e. The topological polar surface area (TPSA) is 26.3 Å². The zero-order valence-corrected chi connectivity index (χ0v) is 27.3. The maximum atomic E-state index is 14.0. The molecule has 2 bridgehead atoms. The van der Waals surface area contributed by atoms with Gasteiger partial charge in [0, 0.05) is 5.41 Å². The zero-order valence-electron chi connectivity index (χ0n) is 27.3. The van der Waals surface area contributed by atoms with Crippen molar-refractivity contribution in [1.82, 2.24) is 0 Å². The van der Waals surface area contributed by atoms with Gasteiger partial charge in [0.25, 0.3) is 0 Å². The molecule has 1 saturated heterocycles. The fraction of sp³-hybridized carbons (Fsp3) is 0.763. The van der Waals surface area contributed by atoms with Crippen LogP contribution in [-0.2, 0) is 15.7 Å². The third-order valence-electron chi connectivity index (χ3n) is 15.3. The Morgan fingerprint density at radius 2 is 1.49 bits per heavy atom. The standard InChI is InChI=1S/C38H51F3O2/c1-32(2)16-18-37-19-17-35(6)26(29(37)31(32)43-22-37)12-13-28-34(5)21-24(20-23-8-10-25(11-9-23)38(39,40)41)30(42)33(3,4)27(34)14-15-36(28,35)7/h8-11,20,26-29,31H,12-19,21-22H2,1-7H3/b24-20+/t26-,27-,28-,29+,31-,34+,35-,36-,37-/m1/s1. The van der Waals surface area contributed by atoms with Crippen LogP contribution in [0.25, 0.3) is 6.08 Å². The van der Waals surface area contributed by atoms with Crippen molar-refractivity contribution < 1.29 is 22.7 Å². The SMILES string of the molecule is CC1(C)CC[C@]23CC[C@]4(C)[C@H](CC[C@@H]5[C@@]6(C)C/C(=C\c7ccc(C(F)(F)F)cc7)C(=O)C(C)(C)[C@H]6CC[C@]54C)[C@H]2[C@H]1OC3. The van der Waals surface area contributed by atoms with Gasteiger partial charge in [-0.05, 0) is 138 Å². The Morgan fingerprint density at radius 3 is 2.16 bits per heavy atom. The summed E-state index contributed by atoms with van der Waals surface area (Å²) < 4.78 is 46.4. The highest BCUT2D eigenvalue weighted by Crippen LogP contribution is 2.78. The number of hydrogen-bond donors (Lipinski definition) is 0. The van der Waals surface area contributed by atoms with Crippen LogP contribution >= 0.6 is 0 Å². The van der Waals surface area contributed by atoms with E-state index in [0.717, 1.165) is 30.7 Å². The third kappa shape index (κ3) is 3.91. The number of alkyl halides is 3. The van der Waals surface area contributed by atoms with Crippen LogP contribution in [0.3, 0.4) is 0 Å². The first-order valence-corrected chi connectivity index (χ1v) is 16.9. The van der Waals surface area contributed by atoms with Crippen LogP contribution in [-0.4, -0.2) is 18.5 Å². The van der Waals surface area contributed by atoms with E-state index in [1.165, 1.54) is 57.1 Å². The van der Waals surface area contributed by atoms with Crippen LogP contribution in [0.4, 0.5) is 13.2 Å². The van der Waals surface area contributed by atoms with Crippen molar-refractivity contribution in [2.24, 2.45) is 56.2 Å². The van der Waals surface area contributed by atoms with E-state index in [2.05, 4.69) is 48.5 Å². The molecule has 1 aromatic rings. The molecule has 7 rings (SSSR count). The number of benzene rings is 1. The molecule has 0 N–H and O–H groups in total. The van der Waals surface area contributed by atoms with Gasteiger partial charge in [-0.1, -0.05) is 60.6 Å². The average molecular weight is 597 g/mol. The normalized spacial score (nSPS) is 47.3. The number of hydrogen-bond acceptors (Lipinski definition) is 2. The first kappa shape index (κ1) is 30.1. The molecule has 5 aliphatic carbocycles. The lowest BCUT2D eigenvalue weighted by Gasteiger charge is -2.73. The summed E-state index contributed by atoms with van der Waals surface area (Å²) in [5.74, 6) is 2.32. The molecule has 5 heteroatoms. The number of carbonyl (C=O) groups is 1. The molecule has 0 aromatic heterocycles. The van der Waals surface area contributed by atoms with Gasteiger partial charge in [-0.3, -0.25) is 4.79 Å². The zero-order chi connectivity index (χ0) is 31.0. The van der Waals surface area contributed by atoms with Gasteiger partial charge in [-0.2, -0.15) is 13.2 Å². The van der Waals surface area contributed by atoms with Crippen LogP contribution in [0.1, 0.15) is 117 Å². The molecule has 0 radical (unpaired) electrons. The molecule has 5 saturated carbocycles. The highest BCUT2D eigenvalue weighted by molar-refractivity contribution is 6.04. The Bertz CT molecular complexity index is 1360. The fourth-order valence-corrected chi connectivity index (χ4v) is 12.9. The Labute approximate surface area is 256 Å². The predicted molar refractivity (Wildman–Crippen MR) is 164 cm³/mol. The number of fused-ring (bicyclic) bond motifs is 5. The summed E-state index contributed by atoms with van der Waals surface area (Å²) in [6, 6.07) is 5.30.